The number of aromatic nitrogens is 3. The predicted octanol–water partition coefficient (Wildman–Crippen LogP) is 3.62. The van der Waals surface area contributed by atoms with Gasteiger partial charge in [-0.15, -0.1) is 0 Å². The van der Waals surface area contributed by atoms with Crippen molar-refractivity contribution >= 4 is 34.1 Å². The zero-order valence-corrected chi connectivity index (χ0v) is 18.0. The lowest BCUT2D eigenvalue weighted by molar-refractivity contribution is 0.122. The Bertz CT molecular complexity index is 1010. The Morgan fingerprint density at radius 2 is 1.83 bits per heavy atom. The lowest BCUT2D eigenvalue weighted by Crippen LogP contribution is -2.36. The molecule has 0 amide bonds. The van der Waals surface area contributed by atoms with E-state index in [2.05, 4.69) is 56.4 Å². The number of halogens is 1. The number of rotatable bonds is 4. The number of hydrogen-bond acceptors (Lipinski definition) is 6. The van der Waals surface area contributed by atoms with Crippen LogP contribution in [0.3, 0.4) is 0 Å². The highest BCUT2D eigenvalue weighted by Gasteiger charge is 2.20. The lowest BCUT2D eigenvalue weighted by atomic mass is 10.1. The number of hydrogen-bond donors (Lipinski definition) is 2. The van der Waals surface area contributed by atoms with Crippen molar-refractivity contribution in [3.05, 3.63) is 35.5 Å². The van der Waals surface area contributed by atoms with Gasteiger partial charge < -0.3 is 24.8 Å². The second-order valence-electron chi connectivity index (χ2n) is 8.13. The van der Waals surface area contributed by atoms with Crippen molar-refractivity contribution < 1.29 is 4.74 Å². The molecule has 2 N–H and O–H groups in total. The van der Waals surface area contributed by atoms with E-state index in [4.69, 9.17) is 21.3 Å². The maximum atomic E-state index is 6.51. The normalized spacial score (nSPS) is 18.8. The van der Waals surface area contributed by atoms with Gasteiger partial charge in [0, 0.05) is 30.4 Å². The number of nitrogens with one attached hydrogen (secondary N) is 2. The molecule has 2 saturated heterocycles. The second-order valence-corrected chi connectivity index (χ2v) is 8.54. The van der Waals surface area contributed by atoms with Gasteiger partial charge in [-0.3, -0.25) is 0 Å². The van der Waals surface area contributed by atoms with Gasteiger partial charge in [0.2, 0.25) is 0 Å². The topological polar surface area (TPSA) is 69.3 Å². The molecule has 0 aliphatic carbocycles. The largest absolute Gasteiger partial charge is 0.379 e. The van der Waals surface area contributed by atoms with Crippen LogP contribution in [0.15, 0.2) is 30.5 Å². The predicted molar refractivity (Wildman–Crippen MR) is 122 cm³/mol. The molecular formula is C22H27ClN6O. The summed E-state index contributed by atoms with van der Waals surface area (Å²) in [6.45, 7) is 5.60. The fourth-order valence-electron chi connectivity index (χ4n) is 4.22. The number of anilines is 2. The molecule has 0 radical (unpaired) electrons. The fraction of sp³-hybridized carbons (Fsp3) is 0.455. The van der Waals surface area contributed by atoms with Crippen molar-refractivity contribution in [1.29, 1.82) is 0 Å². The highest BCUT2D eigenvalue weighted by Crippen LogP contribution is 2.32. The van der Waals surface area contributed by atoms with Crippen LogP contribution in [0.1, 0.15) is 12.8 Å². The number of benzene rings is 1. The quantitative estimate of drug-likeness (QED) is 0.664. The van der Waals surface area contributed by atoms with Gasteiger partial charge in [-0.05, 0) is 57.2 Å². The standard InChI is InChI=1S/C22H27ClN6O/c1-28-8-6-16(7-9-28)25-19-18(23)14-24-22-20(19)26-21(27-22)15-2-4-17(5-3-15)29-10-12-30-13-11-29/h2-5,14,16H,6-13H2,1H3,(H2,24,25,26,27). The number of nitrogens with zero attached hydrogens (tertiary/aromatic N) is 4. The van der Waals surface area contributed by atoms with Crippen molar-refractivity contribution in [2.75, 3.05) is 56.7 Å². The Balaban J connectivity index is 1.40. The number of aromatic amines is 1. The van der Waals surface area contributed by atoms with Crippen LogP contribution >= 0.6 is 11.6 Å². The summed E-state index contributed by atoms with van der Waals surface area (Å²) >= 11 is 6.51. The number of piperidine rings is 1. The van der Waals surface area contributed by atoms with E-state index in [0.717, 1.165) is 74.8 Å². The third-order valence-electron chi connectivity index (χ3n) is 6.06. The highest BCUT2D eigenvalue weighted by atomic mass is 35.5. The molecule has 158 valence electrons. The fourth-order valence-corrected chi connectivity index (χ4v) is 4.42. The summed E-state index contributed by atoms with van der Waals surface area (Å²) < 4.78 is 5.45. The van der Waals surface area contributed by atoms with Crippen molar-refractivity contribution in [3.8, 4) is 11.4 Å². The summed E-state index contributed by atoms with van der Waals surface area (Å²) in [5.74, 6) is 0.805. The minimum atomic E-state index is 0.406. The lowest BCUT2D eigenvalue weighted by Gasteiger charge is -2.30. The first-order valence-corrected chi connectivity index (χ1v) is 11.0. The smallest absolute Gasteiger partial charge is 0.180 e. The summed E-state index contributed by atoms with van der Waals surface area (Å²) in [4.78, 5) is 17.3. The van der Waals surface area contributed by atoms with Crippen LogP contribution < -0.4 is 10.2 Å². The van der Waals surface area contributed by atoms with Crippen LogP contribution in [0, 0.1) is 0 Å². The van der Waals surface area contributed by atoms with Crippen molar-refractivity contribution in [3.63, 3.8) is 0 Å². The summed E-state index contributed by atoms with van der Waals surface area (Å²) in [5, 5.41) is 4.27. The maximum Gasteiger partial charge on any atom is 0.180 e. The van der Waals surface area contributed by atoms with Gasteiger partial charge in [0.1, 0.15) is 11.3 Å². The molecule has 5 rings (SSSR count). The van der Waals surface area contributed by atoms with E-state index >= 15 is 0 Å². The second kappa shape index (κ2) is 8.41. The molecule has 1 aromatic carbocycles. The Kier molecular flexibility index (Phi) is 5.50. The first-order valence-electron chi connectivity index (χ1n) is 10.6. The molecule has 4 heterocycles. The molecule has 30 heavy (non-hydrogen) atoms. The molecular weight excluding hydrogens is 400 g/mol. The van der Waals surface area contributed by atoms with Crippen LogP contribution in [0.25, 0.3) is 22.6 Å². The highest BCUT2D eigenvalue weighted by molar-refractivity contribution is 6.34. The molecule has 8 heteroatoms. The summed E-state index contributed by atoms with van der Waals surface area (Å²) in [6, 6.07) is 8.91. The van der Waals surface area contributed by atoms with E-state index in [1.54, 1.807) is 6.20 Å². The third-order valence-corrected chi connectivity index (χ3v) is 6.34. The van der Waals surface area contributed by atoms with Crippen LogP contribution in [0.5, 0.6) is 0 Å². The summed E-state index contributed by atoms with van der Waals surface area (Å²) in [7, 11) is 2.17. The first-order chi connectivity index (χ1) is 14.7. The molecule has 2 aliphatic rings. The Hall–Kier alpha value is -2.35. The van der Waals surface area contributed by atoms with E-state index in [1.807, 2.05) is 0 Å². The van der Waals surface area contributed by atoms with E-state index < -0.39 is 0 Å². The molecule has 0 saturated carbocycles. The zero-order valence-electron chi connectivity index (χ0n) is 17.2. The zero-order chi connectivity index (χ0) is 20.5. The average molecular weight is 427 g/mol. The van der Waals surface area contributed by atoms with Gasteiger partial charge in [-0.25, -0.2) is 9.97 Å². The molecule has 0 spiro atoms. The van der Waals surface area contributed by atoms with Crippen LogP contribution in [-0.4, -0.2) is 72.3 Å². The van der Waals surface area contributed by atoms with Gasteiger partial charge in [-0.2, -0.15) is 0 Å². The van der Waals surface area contributed by atoms with Gasteiger partial charge in [0.25, 0.3) is 0 Å². The van der Waals surface area contributed by atoms with Crippen LogP contribution in [-0.2, 0) is 4.74 Å². The van der Waals surface area contributed by atoms with Gasteiger partial charge >= 0.3 is 0 Å². The number of H-pyrrole nitrogens is 1. The van der Waals surface area contributed by atoms with E-state index in [0.29, 0.717) is 16.7 Å². The Morgan fingerprint density at radius 3 is 2.57 bits per heavy atom. The number of pyridine rings is 1. The van der Waals surface area contributed by atoms with E-state index in [-0.39, 0.29) is 0 Å². The minimum absolute atomic E-state index is 0.406. The van der Waals surface area contributed by atoms with Gasteiger partial charge in [0.15, 0.2) is 5.65 Å². The van der Waals surface area contributed by atoms with Crippen LogP contribution in [0.4, 0.5) is 11.4 Å². The third kappa shape index (κ3) is 3.97. The number of ether oxygens (including phenoxy) is 1. The SMILES string of the molecule is CN1CCC(Nc2c(Cl)cnc3nc(-c4ccc(N5CCOCC5)cc4)[nH]c23)CC1. The molecule has 2 aromatic heterocycles. The van der Waals surface area contributed by atoms with E-state index in [1.165, 1.54) is 5.69 Å². The Labute approximate surface area is 181 Å². The number of morpholine rings is 1. The molecule has 0 unspecified atom stereocenters. The molecule has 7 nitrogen and oxygen atoms in total. The summed E-state index contributed by atoms with van der Waals surface area (Å²) in [6.07, 6.45) is 3.88. The van der Waals surface area contributed by atoms with Crippen molar-refractivity contribution in [1.82, 2.24) is 19.9 Å². The number of fused-ring (bicyclic) bond motifs is 1. The van der Waals surface area contributed by atoms with Gasteiger partial charge in [0.05, 0.1) is 30.1 Å². The van der Waals surface area contributed by atoms with E-state index in [9.17, 15) is 0 Å². The molecule has 0 bridgehead atoms. The number of imidazole rings is 1. The minimum Gasteiger partial charge on any atom is -0.379 e. The maximum absolute atomic E-state index is 6.51. The molecule has 2 aliphatic heterocycles. The number of likely N-dealkylation sites (tertiary alicyclic amines) is 1. The molecule has 2 fully saturated rings. The Morgan fingerprint density at radius 1 is 1.10 bits per heavy atom. The molecule has 0 atom stereocenters. The first kappa shape index (κ1) is 19.6. The van der Waals surface area contributed by atoms with Crippen molar-refractivity contribution in [2.45, 2.75) is 18.9 Å². The van der Waals surface area contributed by atoms with Gasteiger partial charge in [-0.1, -0.05) is 11.6 Å². The summed E-state index contributed by atoms with van der Waals surface area (Å²) in [5.41, 5.74) is 4.70. The molecule has 3 aromatic rings. The van der Waals surface area contributed by atoms with Crippen LogP contribution in [0.2, 0.25) is 5.02 Å². The van der Waals surface area contributed by atoms with Crippen molar-refractivity contribution in [2.24, 2.45) is 0 Å². The monoisotopic (exact) mass is 426 g/mol. The average Bonchev–Trinajstić information content (AvgIpc) is 3.22.